The number of nitrogens with one attached hydrogen (secondary N) is 1. The summed E-state index contributed by atoms with van der Waals surface area (Å²) in [7, 11) is -1.71. The molecule has 0 saturated carbocycles. The molecular formula is C23H22Cl2NO4P. The van der Waals surface area contributed by atoms with Crippen LogP contribution in [0.2, 0.25) is 10.0 Å². The molecule has 8 heteroatoms. The Kier molecular flexibility index (Phi) is 7.02. The fourth-order valence-electron chi connectivity index (χ4n) is 3.38. The van der Waals surface area contributed by atoms with E-state index in [1.54, 1.807) is 55.6 Å². The maximum atomic E-state index is 13.8. The minimum atomic E-state index is -3.34. The van der Waals surface area contributed by atoms with Crippen molar-refractivity contribution in [2.24, 2.45) is 0 Å². The predicted octanol–water partition coefficient (Wildman–Crippen LogP) is 6.37. The second-order valence-corrected chi connectivity index (χ2v) is 10.2. The monoisotopic (exact) mass is 477 g/mol. The topological polar surface area (TPSA) is 56.8 Å². The van der Waals surface area contributed by atoms with Crippen LogP contribution >= 0.6 is 30.7 Å². The molecule has 1 N–H and O–H groups in total. The van der Waals surface area contributed by atoms with Gasteiger partial charge in [0, 0.05) is 23.2 Å². The molecule has 3 aromatic carbocycles. The first-order valence-corrected chi connectivity index (χ1v) is 12.2. The minimum absolute atomic E-state index is 0.184. The second kappa shape index (κ2) is 9.74. The SMILES string of the molecule is COC1COP(=O)(c2ccc(Oc3ccc(Cl)cc3)cc2)NC(c2ccc(Cl)cc2)C1. The lowest BCUT2D eigenvalue weighted by Crippen LogP contribution is -2.24. The first-order chi connectivity index (χ1) is 14.9. The molecule has 1 heterocycles. The molecule has 0 spiro atoms. The molecule has 0 aliphatic carbocycles. The number of benzene rings is 3. The van der Waals surface area contributed by atoms with E-state index in [-0.39, 0.29) is 18.8 Å². The third-order valence-corrected chi connectivity index (χ3v) is 7.74. The molecule has 162 valence electrons. The Hall–Kier alpha value is -1.85. The Morgan fingerprint density at radius 1 is 0.903 bits per heavy atom. The van der Waals surface area contributed by atoms with Gasteiger partial charge in [-0.2, -0.15) is 0 Å². The van der Waals surface area contributed by atoms with Crippen molar-refractivity contribution in [3.8, 4) is 11.5 Å². The van der Waals surface area contributed by atoms with E-state index in [0.29, 0.717) is 33.3 Å². The lowest BCUT2D eigenvalue weighted by molar-refractivity contribution is 0.0552. The molecule has 5 nitrogen and oxygen atoms in total. The molecule has 0 radical (unpaired) electrons. The van der Waals surface area contributed by atoms with Gasteiger partial charge in [0.05, 0.1) is 18.0 Å². The standard InChI is InChI=1S/C23H22Cl2NO4P/c1-28-21-14-23(16-2-4-17(24)5-3-16)26-31(27,29-15-21)22-12-10-20(11-13-22)30-19-8-6-18(25)7-9-19/h2-13,21,23H,14-15H2,1H3,(H,26,27). The molecule has 0 amide bonds. The van der Waals surface area contributed by atoms with E-state index >= 15 is 0 Å². The van der Waals surface area contributed by atoms with Crippen LogP contribution in [0.25, 0.3) is 0 Å². The fraction of sp³-hybridized carbons (Fsp3) is 0.217. The normalized spacial score (nSPS) is 23.8. The molecule has 1 aliphatic heterocycles. The van der Waals surface area contributed by atoms with Gasteiger partial charge in [-0.15, -0.1) is 0 Å². The van der Waals surface area contributed by atoms with Gasteiger partial charge in [-0.05, 0) is 72.6 Å². The van der Waals surface area contributed by atoms with Crippen LogP contribution in [0.3, 0.4) is 0 Å². The van der Waals surface area contributed by atoms with Crippen molar-refractivity contribution in [1.82, 2.24) is 5.09 Å². The van der Waals surface area contributed by atoms with Crippen LogP contribution in [-0.2, 0) is 13.8 Å². The molecule has 0 bridgehead atoms. The van der Waals surface area contributed by atoms with Gasteiger partial charge >= 0.3 is 0 Å². The summed E-state index contributed by atoms with van der Waals surface area (Å²) in [4.78, 5) is 0. The first kappa shape index (κ1) is 22.3. The maximum absolute atomic E-state index is 13.8. The summed E-state index contributed by atoms with van der Waals surface area (Å²) in [6.45, 7) is 0.230. The number of methoxy groups -OCH3 is 1. The number of halogens is 2. The van der Waals surface area contributed by atoms with Crippen LogP contribution in [0, 0.1) is 0 Å². The van der Waals surface area contributed by atoms with Crippen LogP contribution in [0.15, 0.2) is 72.8 Å². The number of hydrogen-bond donors (Lipinski definition) is 1. The molecule has 4 rings (SSSR count). The smallest absolute Gasteiger partial charge is 0.300 e. The average Bonchev–Trinajstić information content (AvgIpc) is 2.96. The highest BCUT2D eigenvalue weighted by Crippen LogP contribution is 2.47. The molecule has 3 aromatic rings. The Balaban J connectivity index is 1.56. The lowest BCUT2D eigenvalue weighted by atomic mass is 10.0. The highest BCUT2D eigenvalue weighted by Gasteiger charge is 2.35. The van der Waals surface area contributed by atoms with Gasteiger partial charge in [-0.3, -0.25) is 4.57 Å². The highest BCUT2D eigenvalue weighted by atomic mass is 35.5. The van der Waals surface area contributed by atoms with Gasteiger partial charge in [0.25, 0.3) is 7.52 Å². The second-order valence-electron chi connectivity index (χ2n) is 7.22. The van der Waals surface area contributed by atoms with Crippen LogP contribution < -0.4 is 15.1 Å². The third-order valence-electron chi connectivity index (χ3n) is 5.10. The van der Waals surface area contributed by atoms with Crippen molar-refractivity contribution in [2.45, 2.75) is 18.6 Å². The Labute approximate surface area is 191 Å². The molecule has 0 aromatic heterocycles. The van der Waals surface area contributed by atoms with Gasteiger partial charge in [0.1, 0.15) is 11.5 Å². The zero-order chi connectivity index (χ0) is 21.8. The van der Waals surface area contributed by atoms with Crippen LogP contribution in [0.4, 0.5) is 0 Å². The Bertz CT molecular complexity index is 1060. The van der Waals surface area contributed by atoms with E-state index in [4.69, 9.17) is 37.2 Å². The average molecular weight is 478 g/mol. The molecule has 1 aliphatic rings. The summed E-state index contributed by atoms with van der Waals surface area (Å²) >= 11 is 11.9. The summed E-state index contributed by atoms with van der Waals surface area (Å²) in [5, 5.41) is 5.09. The quantitative estimate of drug-likeness (QED) is 0.432. The fourth-order valence-corrected chi connectivity index (χ4v) is 5.59. The number of ether oxygens (including phenoxy) is 2. The van der Waals surface area contributed by atoms with Crippen molar-refractivity contribution >= 4 is 36.0 Å². The van der Waals surface area contributed by atoms with Crippen molar-refractivity contribution < 1.29 is 18.6 Å². The minimum Gasteiger partial charge on any atom is -0.457 e. The molecule has 1 fully saturated rings. The van der Waals surface area contributed by atoms with Gasteiger partial charge in [0.2, 0.25) is 0 Å². The first-order valence-electron chi connectivity index (χ1n) is 9.80. The molecule has 31 heavy (non-hydrogen) atoms. The van der Waals surface area contributed by atoms with Gasteiger partial charge < -0.3 is 14.0 Å². The van der Waals surface area contributed by atoms with Crippen molar-refractivity contribution in [3.05, 3.63) is 88.4 Å². The third kappa shape index (κ3) is 5.50. The molecule has 1 saturated heterocycles. The van der Waals surface area contributed by atoms with E-state index in [9.17, 15) is 4.57 Å². The summed E-state index contributed by atoms with van der Waals surface area (Å²) in [5.41, 5.74) is 0.972. The molecular weight excluding hydrogens is 456 g/mol. The summed E-state index contributed by atoms with van der Waals surface area (Å²) < 4.78 is 31.0. The largest absolute Gasteiger partial charge is 0.457 e. The zero-order valence-corrected chi connectivity index (χ0v) is 19.2. The van der Waals surface area contributed by atoms with E-state index in [0.717, 1.165) is 5.56 Å². The summed E-state index contributed by atoms with van der Waals surface area (Å²) in [6, 6.07) is 21.4. The van der Waals surface area contributed by atoms with Gasteiger partial charge in [-0.25, -0.2) is 5.09 Å². The van der Waals surface area contributed by atoms with Crippen LogP contribution in [-0.4, -0.2) is 19.8 Å². The van der Waals surface area contributed by atoms with E-state index in [1.807, 2.05) is 24.3 Å². The van der Waals surface area contributed by atoms with Gasteiger partial charge in [0.15, 0.2) is 0 Å². The summed E-state index contributed by atoms with van der Waals surface area (Å²) in [5.74, 6) is 1.29. The zero-order valence-electron chi connectivity index (χ0n) is 16.8. The van der Waals surface area contributed by atoms with Crippen molar-refractivity contribution in [1.29, 1.82) is 0 Å². The van der Waals surface area contributed by atoms with E-state index in [2.05, 4.69) is 5.09 Å². The highest BCUT2D eigenvalue weighted by molar-refractivity contribution is 7.65. The Morgan fingerprint density at radius 3 is 2.03 bits per heavy atom. The molecule has 3 unspecified atom stereocenters. The number of hydrogen-bond acceptors (Lipinski definition) is 4. The van der Waals surface area contributed by atoms with Crippen molar-refractivity contribution in [2.75, 3.05) is 13.7 Å². The maximum Gasteiger partial charge on any atom is 0.300 e. The number of rotatable bonds is 5. The van der Waals surface area contributed by atoms with Gasteiger partial charge in [-0.1, -0.05) is 35.3 Å². The van der Waals surface area contributed by atoms with Crippen molar-refractivity contribution in [3.63, 3.8) is 0 Å². The molecule has 3 atom stereocenters. The summed E-state index contributed by atoms with van der Waals surface area (Å²) in [6.07, 6.45) is 0.441. The Morgan fingerprint density at radius 2 is 1.45 bits per heavy atom. The predicted molar refractivity (Wildman–Crippen MR) is 124 cm³/mol. The van der Waals surface area contributed by atoms with Crippen LogP contribution in [0.5, 0.6) is 11.5 Å². The van der Waals surface area contributed by atoms with E-state index in [1.165, 1.54) is 0 Å². The van der Waals surface area contributed by atoms with Crippen LogP contribution in [0.1, 0.15) is 18.0 Å². The lowest BCUT2D eigenvalue weighted by Gasteiger charge is -2.23. The van der Waals surface area contributed by atoms with E-state index < -0.39 is 7.52 Å².